The number of H-pyrrole nitrogens is 1. The monoisotopic (exact) mass is 248 g/mol. The average molecular weight is 248 g/mol. The van der Waals surface area contributed by atoms with Crippen LogP contribution in [0.15, 0.2) is 30.5 Å². The summed E-state index contributed by atoms with van der Waals surface area (Å²) in [5, 5.41) is 9.69. The molecular weight excluding hydrogens is 235 g/mol. The number of hydrogen-bond donors (Lipinski definition) is 3. The SMILES string of the molecule is NC(=O)CNCc1cn[nH]c1-c1ccc(F)cc1. The van der Waals surface area contributed by atoms with Gasteiger partial charge in [0.1, 0.15) is 5.82 Å². The lowest BCUT2D eigenvalue weighted by Crippen LogP contribution is -2.28. The van der Waals surface area contributed by atoms with E-state index in [9.17, 15) is 9.18 Å². The van der Waals surface area contributed by atoms with Crippen LogP contribution in [-0.2, 0) is 11.3 Å². The molecule has 1 amide bonds. The Kier molecular flexibility index (Phi) is 3.69. The van der Waals surface area contributed by atoms with E-state index in [2.05, 4.69) is 15.5 Å². The predicted molar refractivity (Wildman–Crippen MR) is 64.9 cm³/mol. The Bertz CT molecular complexity index is 535. The molecule has 1 heterocycles. The van der Waals surface area contributed by atoms with Gasteiger partial charge in [0.2, 0.25) is 5.91 Å². The fourth-order valence-electron chi connectivity index (χ4n) is 1.63. The van der Waals surface area contributed by atoms with Crippen molar-refractivity contribution < 1.29 is 9.18 Å². The van der Waals surface area contributed by atoms with Crippen LogP contribution >= 0.6 is 0 Å². The van der Waals surface area contributed by atoms with Crippen molar-refractivity contribution in [3.8, 4) is 11.3 Å². The Hall–Kier alpha value is -2.21. The van der Waals surface area contributed by atoms with Gasteiger partial charge in [-0.15, -0.1) is 0 Å². The molecule has 5 nitrogen and oxygen atoms in total. The van der Waals surface area contributed by atoms with E-state index in [4.69, 9.17) is 5.73 Å². The van der Waals surface area contributed by atoms with Crippen molar-refractivity contribution in [2.75, 3.05) is 6.54 Å². The molecule has 94 valence electrons. The van der Waals surface area contributed by atoms with Gasteiger partial charge in [-0.05, 0) is 24.3 Å². The number of aromatic nitrogens is 2. The number of amides is 1. The first kappa shape index (κ1) is 12.3. The predicted octanol–water partition coefficient (Wildman–Crippen LogP) is 0.791. The molecule has 0 atom stereocenters. The Morgan fingerprint density at radius 3 is 2.78 bits per heavy atom. The van der Waals surface area contributed by atoms with Gasteiger partial charge in [-0.1, -0.05) is 0 Å². The fraction of sp³-hybridized carbons (Fsp3) is 0.167. The number of nitrogens with two attached hydrogens (primary N) is 1. The molecule has 1 aromatic carbocycles. The lowest BCUT2D eigenvalue weighted by molar-refractivity contribution is -0.117. The van der Waals surface area contributed by atoms with Crippen LogP contribution in [0.3, 0.4) is 0 Å². The van der Waals surface area contributed by atoms with Crippen LogP contribution in [-0.4, -0.2) is 22.6 Å². The van der Waals surface area contributed by atoms with Gasteiger partial charge in [-0.25, -0.2) is 4.39 Å². The highest BCUT2D eigenvalue weighted by Gasteiger charge is 2.07. The summed E-state index contributed by atoms with van der Waals surface area (Å²) in [6.45, 7) is 0.570. The molecule has 2 aromatic rings. The van der Waals surface area contributed by atoms with Crippen LogP contribution < -0.4 is 11.1 Å². The number of carbonyl (C=O) groups is 1. The summed E-state index contributed by atoms with van der Waals surface area (Å²) in [6.07, 6.45) is 1.66. The van der Waals surface area contributed by atoms with Crippen molar-refractivity contribution >= 4 is 5.91 Å². The van der Waals surface area contributed by atoms with Crippen LogP contribution in [0.25, 0.3) is 11.3 Å². The number of primary amides is 1. The average Bonchev–Trinajstić information content (AvgIpc) is 2.78. The summed E-state index contributed by atoms with van der Waals surface area (Å²) in [7, 11) is 0. The number of halogens is 1. The summed E-state index contributed by atoms with van der Waals surface area (Å²) in [4.78, 5) is 10.6. The van der Waals surface area contributed by atoms with Crippen molar-refractivity contribution in [1.82, 2.24) is 15.5 Å². The first-order valence-electron chi connectivity index (χ1n) is 5.44. The molecule has 0 saturated carbocycles. The second-order valence-electron chi connectivity index (χ2n) is 3.85. The largest absolute Gasteiger partial charge is 0.369 e. The molecule has 0 saturated heterocycles. The normalized spacial score (nSPS) is 10.5. The minimum absolute atomic E-state index is 0.105. The number of hydrogen-bond acceptors (Lipinski definition) is 3. The van der Waals surface area contributed by atoms with Gasteiger partial charge in [-0.2, -0.15) is 5.10 Å². The van der Waals surface area contributed by atoms with E-state index in [1.54, 1.807) is 18.3 Å². The number of aromatic amines is 1. The Morgan fingerprint density at radius 2 is 2.11 bits per heavy atom. The van der Waals surface area contributed by atoms with Gasteiger partial charge >= 0.3 is 0 Å². The maximum Gasteiger partial charge on any atom is 0.231 e. The van der Waals surface area contributed by atoms with Crippen molar-refractivity contribution in [3.63, 3.8) is 0 Å². The molecule has 0 spiro atoms. The van der Waals surface area contributed by atoms with E-state index in [1.807, 2.05) is 0 Å². The van der Waals surface area contributed by atoms with Gasteiger partial charge in [-0.3, -0.25) is 9.89 Å². The standard InChI is InChI=1S/C12H13FN4O/c13-10-3-1-8(2-4-10)12-9(6-16-17-12)5-15-7-11(14)18/h1-4,6,15H,5,7H2,(H2,14,18)(H,16,17). The first-order chi connectivity index (χ1) is 8.66. The number of rotatable bonds is 5. The van der Waals surface area contributed by atoms with Crippen LogP contribution in [0.5, 0.6) is 0 Å². The number of nitrogens with zero attached hydrogens (tertiary/aromatic N) is 1. The molecule has 0 aliphatic rings. The highest BCUT2D eigenvalue weighted by Crippen LogP contribution is 2.20. The van der Waals surface area contributed by atoms with E-state index in [1.165, 1.54) is 12.1 Å². The zero-order valence-corrected chi connectivity index (χ0v) is 9.61. The highest BCUT2D eigenvalue weighted by atomic mass is 19.1. The number of benzene rings is 1. The molecule has 0 aliphatic heterocycles. The molecule has 0 radical (unpaired) electrons. The molecule has 1 aromatic heterocycles. The molecule has 0 fully saturated rings. The van der Waals surface area contributed by atoms with Crippen molar-refractivity contribution in [1.29, 1.82) is 0 Å². The van der Waals surface area contributed by atoms with Gasteiger partial charge < -0.3 is 11.1 Å². The Morgan fingerprint density at radius 1 is 1.39 bits per heavy atom. The van der Waals surface area contributed by atoms with Gasteiger partial charge in [0, 0.05) is 17.7 Å². The van der Waals surface area contributed by atoms with Gasteiger partial charge in [0.05, 0.1) is 18.4 Å². The first-order valence-corrected chi connectivity index (χ1v) is 5.44. The number of carbonyl (C=O) groups excluding carboxylic acids is 1. The van der Waals surface area contributed by atoms with Gasteiger partial charge in [0.15, 0.2) is 0 Å². The van der Waals surface area contributed by atoms with Crippen molar-refractivity contribution in [2.45, 2.75) is 6.54 Å². The Labute approximate surface area is 103 Å². The quantitative estimate of drug-likeness (QED) is 0.731. The number of nitrogens with one attached hydrogen (secondary N) is 2. The molecule has 2 rings (SSSR count). The third kappa shape index (κ3) is 2.92. The molecule has 0 bridgehead atoms. The van der Waals surface area contributed by atoms with E-state index in [-0.39, 0.29) is 12.4 Å². The molecular formula is C12H13FN4O. The maximum absolute atomic E-state index is 12.8. The Balaban J connectivity index is 2.12. The highest BCUT2D eigenvalue weighted by molar-refractivity contribution is 5.75. The van der Waals surface area contributed by atoms with Crippen LogP contribution in [0, 0.1) is 5.82 Å². The third-order valence-electron chi connectivity index (χ3n) is 2.47. The molecule has 18 heavy (non-hydrogen) atoms. The molecule has 0 aliphatic carbocycles. The minimum atomic E-state index is -0.415. The summed E-state index contributed by atoms with van der Waals surface area (Å²) >= 11 is 0. The third-order valence-corrected chi connectivity index (χ3v) is 2.47. The lowest BCUT2D eigenvalue weighted by atomic mass is 10.1. The second kappa shape index (κ2) is 5.42. The van der Waals surface area contributed by atoms with Crippen LogP contribution in [0.1, 0.15) is 5.56 Å². The minimum Gasteiger partial charge on any atom is -0.369 e. The van der Waals surface area contributed by atoms with Crippen molar-refractivity contribution in [2.24, 2.45) is 5.73 Å². The van der Waals surface area contributed by atoms with E-state index in [0.29, 0.717) is 6.54 Å². The zero-order chi connectivity index (χ0) is 13.0. The maximum atomic E-state index is 12.8. The zero-order valence-electron chi connectivity index (χ0n) is 9.61. The molecule has 6 heteroatoms. The summed E-state index contributed by atoms with van der Waals surface area (Å²) in [5.41, 5.74) is 7.56. The summed E-state index contributed by atoms with van der Waals surface area (Å²) in [5.74, 6) is -0.700. The molecule has 4 N–H and O–H groups in total. The van der Waals surface area contributed by atoms with E-state index in [0.717, 1.165) is 16.8 Å². The van der Waals surface area contributed by atoms with E-state index >= 15 is 0 Å². The van der Waals surface area contributed by atoms with Crippen molar-refractivity contribution in [3.05, 3.63) is 41.8 Å². The summed E-state index contributed by atoms with van der Waals surface area (Å²) in [6, 6.07) is 6.11. The van der Waals surface area contributed by atoms with Gasteiger partial charge in [0.25, 0.3) is 0 Å². The second-order valence-corrected chi connectivity index (χ2v) is 3.85. The van der Waals surface area contributed by atoms with E-state index < -0.39 is 5.91 Å². The fourth-order valence-corrected chi connectivity index (χ4v) is 1.63. The topological polar surface area (TPSA) is 83.8 Å². The van der Waals surface area contributed by atoms with Crippen LogP contribution in [0.2, 0.25) is 0 Å². The summed E-state index contributed by atoms with van der Waals surface area (Å²) < 4.78 is 12.8. The smallest absolute Gasteiger partial charge is 0.231 e. The lowest BCUT2D eigenvalue weighted by Gasteiger charge is -2.04. The van der Waals surface area contributed by atoms with Crippen LogP contribution in [0.4, 0.5) is 4.39 Å². The molecule has 0 unspecified atom stereocenters.